The van der Waals surface area contributed by atoms with Gasteiger partial charge in [-0.25, -0.2) is 14.8 Å². The standard InChI is InChI=1S/C34H19ClN4/c1-36-28-20-26-29(25-17-8-9-18-27(25)37-30(26)23-15-10-16-24(35)19-23)34-33(28)38-31(21-11-4-2-5-12-21)32(39-34)22-13-6-3-7-14-22/h2-20H. The topological polar surface area (TPSA) is 43.0 Å². The molecule has 7 aromatic rings. The van der Waals surface area contributed by atoms with Gasteiger partial charge in [0.2, 0.25) is 5.69 Å². The fourth-order valence-corrected chi connectivity index (χ4v) is 5.34. The van der Waals surface area contributed by atoms with E-state index in [-0.39, 0.29) is 0 Å². The maximum atomic E-state index is 8.08. The lowest BCUT2D eigenvalue weighted by atomic mass is 9.97. The van der Waals surface area contributed by atoms with Gasteiger partial charge in [-0.15, -0.1) is 0 Å². The molecule has 0 saturated carbocycles. The molecule has 0 atom stereocenters. The first-order chi connectivity index (χ1) is 19.2. The first kappa shape index (κ1) is 23.0. The lowest BCUT2D eigenvalue weighted by Gasteiger charge is -2.16. The van der Waals surface area contributed by atoms with Crippen LogP contribution in [0.2, 0.25) is 5.02 Å². The number of para-hydroxylation sites is 1. The van der Waals surface area contributed by atoms with Crippen molar-refractivity contribution in [3.05, 3.63) is 132 Å². The van der Waals surface area contributed by atoms with E-state index in [9.17, 15) is 0 Å². The second-order valence-electron chi connectivity index (χ2n) is 9.27. The van der Waals surface area contributed by atoms with Gasteiger partial charge in [-0.1, -0.05) is 103 Å². The Hall–Kier alpha value is -5.11. The van der Waals surface area contributed by atoms with Crippen LogP contribution in [-0.4, -0.2) is 15.0 Å². The highest BCUT2D eigenvalue weighted by atomic mass is 35.5. The fraction of sp³-hybridized carbons (Fsp3) is 0. The van der Waals surface area contributed by atoms with Gasteiger partial charge in [0, 0.05) is 37.9 Å². The largest absolute Gasteiger partial charge is 0.255 e. The summed E-state index contributed by atoms with van der Waals surface area (Å²) in [5.74, 6) is 0. The average molecular weight is 519 g/mol. The summed E-state index contributed by atoms with van der Waals surface area (Å²) in [5.41, 5.74) is 7.58. The zero-order valence-corrected chi connectivity index (χ0v) is 21.4. The van der Waals surface area contributed by atoms with Crippen LogP contribution in [0.15, 0.2) is 115 Å². The molecule has 0 bridgehead atoms. The number of benzene rings is 5. The average Bonchev–Trinajstić information content (AvgIpc) is 3.00. The Morgan fingerprint density at radius 2 is 1.15 bits per heavy atom. The van der Waals surface area contributed by atoms with Gasteiger partial charge >= 0.3 is 0 Å². The molecule has 0 aliphatic carbocycles. The molecule has 0 aliphatic heterocycles. The van der Waals surface area contributed by atoms with Crippen molar-refractivity contribution < 1.29 is 0 Å². The highest BCUT2D eigenvalue weighted by Crippen LogP contribution is 2.42. The molecule has 5 heteroatoms. The third kappa shape index (κ3) is 3.88. The molecule has 0 aliphatic rings. The first-order valence-corrected chi connectivity index (χ1v) is 12.9. The molecule has 0 fully saturated rings. The van der Waals surface area contributed by atoms with Gasteiger partial charge in [0.05, 0.1) is 40.2 Å². The number of nitrogens with zero attached hydrogens (tertiary/aromatic N) is 4. The highest BCUT2D eigenvalue weighted by molar-refractivity contribution is 6.31. The number of hydrogen-bond acceptors (Lipinski definition) is 3. The Kier molecular flexibility index (Phi) is 5.51. The van der Waals surface area contributed by atoms with Crippen LogP contribution in [0.4, 0.5) is 5.69 Å². The molecule has 0 radical (unpaired) electrons. The second-order valence-corrected chi connectivity index (χ2v) is 9.70. The number of rotatable bonds is 3. The van der Waals surface area contributed by atoms with Gasteiger partial charge in [0.25, 0.3) is 0 Å². The van der Waals surface area contributed by atoms with Gasteiger partial charge in [0.15, 0.2) is 0 Å². The Bertz CT molecular complexity index is 2080. The third-order valence-corrected chi connectivity index (χ3v) is 7.13. The summed E-state index contributed by atoms with van der Waals surface area (Å²) >= 11 is 6.38. The molecule has 0 N–H and O–H groups in total. The van der Waals surface area contributed by atoms with E-state index < -0.39 is 0 Å². The Morgan fingerprint density at radius 3 is 1.82 bits per heavy atom. The van der Waals surface area contributed by atoms with Crippen molar-refractivity contribution in [2.24, 2.45) is 0 Å². The van der Waals surface area contributed by atoms with Crippen molar-refractivity contribution in [3.8, 4) is 33.8 Å². The summed E-state index contributed by atoms with van der Waals surface area (Å²) in [4.78, 5) is 19.4. The molecule has 4 nitrogen and oxygen atoms in total. The minimum Gasteiger partial charge on any atom is -0.255 e. The lowest BCUT2D eigenvalue weighted by molar-refractivity contribution is 1.30. The zero-order valence-electron chi connectivity index (χ0n) is 20.6. The van der Waals surface area contributed by atoms with E-state index in [1.54, 1.807) is 0 Å². The maximum absolute atomic E-state index is 8.08. The van der Waals surface area contributed by atoms with E-state index in [1.807, 2.05) is 109 Å². The van der Waals surface area contributed by atoms with Gasteiger partial charge in [-0.05, 0) is 24.3 Å². The van der Waals surface area contributed by atoms with Crippen LogP contribution in [-0.2, 0) is 0 Å². The van der Waals surface area contributed by atoms with Crippen molar-refractivity contribution in [1.29, 1.82) is 0 Å². The van der Waals surface area contributed by atoms with E-state index in [0.717, 1.165) is 55.4 Å². The molecular weight excluding hydrogens is 500 g/mol. The molecule has 5 aromatic carbocycles. The summed E-state index contributed by atoms with van der Waals surface area (Å²) in [6.07, 6.45) is 0. The van der Waals surface area contributed by atoms with Gasteiger partial charge < -0.3 is 0 Å². The highest BCUT2D eigenvalue weighted by Gasteiger charge is 2.21. The molecule has 2 heterocycles. The maximum Gasteiger partial charge on any atom is 0.215 e. The summed E-state index contributed by atoms with van der Waals surface area (Å²) < 4.78 is 0. The van der Waals surface area contributed by atoms with Gasteiger partial charge in [0.1, 0.15) is 0 Å². The fourth-order valence-electron chi connectivity index (χ4n) is 5.15. The molecule has 2 aromatic heterocycles. The van der Waals surface area contributed by atoms with Crippen LogP contribution >= 0.6 is 11.6 Å². The van der Waals surface area contributed by atoms with Gasteiger partial charge in [-0.2, -0.15) is 0 Å². The molecule has 182 valence electrons. The summed E-state index contributed by atoms with van der Waals surface area (Å²) in [6.45, 7) is 8.08. The lowest BCUT2D eigenvalue weighted by Crippen LogP contribution is -1.98. The van der Waals surface area contributed by atoms with Crippen LogP contribution in [0.5, 0.6) is 0 Å². The molecule has 7 rings (SSSR count). The molecule has 0 amide bonds. The summed E-state index contributed by atoms with van der Waals surface area (Å²) in [7, 11) is 0. The van der Waals surface area contributed by atoms with Crippen molar-refractivity contribution in [3.63, 3.8) is 0 Å². The van der Waals surface area contributed by atoms with E-state index in [2.05, 4.69) is 10.9 Å². The number of fused-ring (bicyclic) bond motifs is 5. The number of halogens is 1. The Labute approximate surface area is 230 Å². The minimum absolute atomic E-state index is 0.433. The predicted octanol–water partition coefficient (Wildman–Crippen LogP) is 9.54. The first-order valence-electron chi connectivity index (χ1n) is 12.5. The van der Waals surface area contributed by atoms with Gasteiger partial charge in [-0.3, -0.25) is 4.98 Å². The van der Waals surface area contributed by atoms with Crippen molar-refractivity contribution in [1.82, 2.24) is 15.0 Å². The van der Waals surface area contributed by atoms with Crippen LogP contribution in [0.1, 0.15) is 0 Å². The van der Waals surface area contributed by atoms with E-state index in [0.29, 0.717) is 21.7 Å². The van der Waals surface area contributed by atoms with E-state index in [4.69, 9.17) is 33.1 Å². The summed E-state index contributed by atoms with van der Waals surface area (Å²) in [6, 6.07) is 37.7. The zero-order chi connectivity index (χ0) is 26.3. The second kappa shape index (κ2) is 9.33. The van der Waals surface area contributed by atoms with E-state index in [1.165, 1.54) is 0 Å². The van der Waals surface area contributed by atoms with Crippen molar-refractivity contribution >= 4 is 50.0 Å². The van der Waals surface area contributed by atoms with Crippen LogP contribution < -0.4 is 0 Å². The summed E-state index contributed by atoms with van der Waals surface area (Å²) in [5, 5.41) is 3.35. The Morgan fingerprint density at radius 1 is 0.538 bits per heavy atom. The third-order valence-electron chi connectivity index (χ3n) is 6.90. The number of aromatic nitrogens is 3. The van der Waals surface area contributed by atoms with Crippen LogP contribution in [0.3, 0.4) is 0 Å². The molecule has 39 heavy (non-hydrogen) atoms. The smallest absolute Gasteiger partial charge is 0.215 e. The quantitative estimate of drug-likeness (QED) is 0.173. The molecule has 0 saturated heterocycles. The minimum atomic E-state index is 0.433. The van der Waals surface area contributed by atoms with Crippen molar-refractivity contribution in [2.45, 2.75) is 0 Å². The number of hydrogen-bond donors (Lipinski definition) is 0. The Balaban J connectivity index is 1.70. The van der Waals surface area contributed by atoms with Crippen LogP contribution in [0.25, 0.3) is 71.3 Å². The molecule has 0 spiro atoms. The van der Waals surface area contributed by atoms with Crippen LogP contribution in [0, 0.1) is 6.57 Å². The predicted molar refractivity (Wildman–Crippen MR) is 160 cm³/mol. The number of pyridine rings is 1. The van der Waals surface area contributed by atoms with Crippen molar-refractivity contribution in [2.75, 3.05) is 0 Å². The monoisotopic (exact) mass is 518 g/mol. The molecule has 0 unspecified atom stereocenters. The molecular formula is C34H19ClN4. The normalized spacial score (nSPS) is 11.2. The van der Waals surface area contributed by atoms with E-state index >= 15 is 0 Å². The SMILES string of the molecule is [C-]#[N+]c1cc2c(-c3cccc(Cl)c3)nc3ccccc3c2c2nc(-c3ccccc3)c(-c3ccccc3)nc12.